The zero-order chi connectivity index (χ0) is 15.5. The molecule has 1 fully saturated rings. The topological polar surface area (TPSA) is 51.1 Å². The second kappa shape index (κ2) is 6.22. The number of amides is 1. The summed E-state index contributed by atoms with van der Waals surface area (Å²) in [5, 5.41) is 0. The standard InChI is InChI=1S/C17H20N2O3/c1-21-13-8-7-12(15(11-13)22-2)10-14-17(20)19-9-5-3-4-6-16(19)18-14/h7-8,10-11H,3-6,9H2,1-2H3. The van der Waals surface area contributed by atoms with Gasteiger partial charge in [0.25, 0.3) is 5.91 Å². The molecule has 0 spiro atoms. The Bertz CT molecular complexity index is 649. The quantitative estimate of drug-likeness (QED) is 0.807. The van der Waals surface area contributed by atoms with E-state index in [1.807, 2.05) is 17.0 Å². The summed E-state index contributed by atoms with van der Waals surface area (Å²) in [7, 11) is 3.22. The van der Waals surface area contributed by atoms with Gasteiger partial charge in [-0.2, -0.15) is 0 Å². The van der Waals surface area contributed by atoms with Crippen LogP contribution in [0.2, 0.25) is 0 Å². The molecule has 1 saturated heterocycles. The lowest BCUT2D eigenvalue weighted by Crippen LogP contribution is -2.31. The van der Waals surface area contributed by atoms with Crippen molar-refractivity contribution in [3.8, 4) is 11.5 Å². The number of nitrogens with zero attached hydrogens (tertiary/aromatic N) is 2. The van der Waals surface area contributed by atoms with E-state index in [0.29, 0.717) is 11.4 Å². The third-order valence-electron chi connectivity index (χ3n) is 4.04. The van der Waals surface area contributed by atoms with Gasteiger partial charge in [0.15, 0.2) is 0 Å². The number of hydrogen-bond donors (Lipinski definition) is 0. The van der Waals surface area contributed by atoms with Crippen LogP contribution in [0, 0.1) is 0 Å². The van der Waals surface area contributed by atoms with Gasteiger partial charge in [-0.05, 0) is 31.1 Å². The van der Waals surface area contributed by atoms with E-state index in [9.17, 15) is 4.79 Å². The van der Waals surface area contributed by atoms with Gasteiger partial charge < -0.3 is 9.47 Å². The molecule has 0 radical (unpaired) electrons. The summed E-state index contributed by atoms with van der Waals surface area (Å²) in [4.78, 5) is 18.8. The van der Waals surface area contributed by atoms with Crippen molar-refractivity contribution >= 4 is 17.8 Å². The summed E-state index contributed by atoms with van der Waals surface area (Å²) in [6.45, 7) is 0.773. The van der Waals surface area contributed by atoms with E-state index >= 15 is 0 Å². The first-order valence-electron chi connectivity index (χ1n) is 7.56. The number of carbonyl (C=O) groups excluding carboxylic acids is 1. The van der Waals surface area contributed by atoms with Crippen molar-refractivity contribution in [3.63, 3.8) is 0 Å². The van der Waals surface area contributed by atoms with Gasteiger partial charge in [0.1, 0.15) is 23.0 Å². The first-order valence-corrected chi connectivity index (χ1v) is 7.56. The summed E-state index contributed by atoms with van der Waals surface area (Å²) in [6, 6.07) is 5.53. The molecule has 2 aliphatic rings. The molecule has 1 aromatic carbocycles. The summed E-state index contributed by atoms with van der Waals surface area (Å²) in [6.07, 6.45) is 5.98. The number of rotatable bonds is 3. The Hall–Kier alpha value is -2.30. The molecule has 0 N–H and O–H groups in total. The molecule has 2 aliphatic heterocycles. The van der Waals surface area contributed by atoms with Crippen LogP contribution in [0.4, 0.5) is 0 Å². The fraction of sp³-hybridized carbons (Fsp3) is 0.412. The summed E-state index contributed by atoms with van der Waals surface area (Å²) >= 11 is 0. The van der Waals surface area contributed by atoms with E-state index in [0.717, 1.165) is 49.4 Å². The second-order valence-electron chi connectivity index (χ2n) is 5.43. The maximum Gasteiger partial charge on any atom is 0.277 e. The van der Waals surface area contributed by atoms with Crippen LogP contribution >= 0.6 is 0 Å². The SMILES string of the molecule is COc1ccc(C=C2N=C3CCCCCN3C2=O)c(OC)c1. The zero-order valence-electron chi connectivity index (χ0n) is 13.0. The largest absolute Gasteiger partial charge is 0.497 e. The zero-order valence-corrected chi connectivity index (χ0v) is 13.0. The molecular formula is C17H20N2O3. The molecule has 3 rings (SSSR count). The molecule has 1 aromatic rings. The molecule has 5 nitrogen and oxygen atoms in total. The van der Waals surface area contributed by atoms with Crippen LogP contribution in [0.1, 0.15) is 31.2 Å². The van der Waals surface area contributed by atoms with Crippen LogP contribution in [-0.4, -0.2) is 37.4 Å². The molecule has 22 heavy (non-hydrogen) atoms. The number of amidine groups is 1. The predicted molar refractivity (Wildman–Crippen MR) is 85.1 cm³/mol. The highest BCUT2D eigenvalue weighted by Crippen LogP contribution is 2.29. The Morgan fingerprint density at radius 3 is 2.82 bits per heavy atom. The molecule has 0 atom stereocenters. The maximum atomic E-state index is 12.5. The van der Waals surface area contributed by atoms with Gasteiger partial charge in [0.2, 0.25) is 0 Å². The van der Waals surface area contributed by atoms with E-state index in [1.165, 1.54) is 0 Å². The number of benzene rings is 1. The number of hydrogen-bond acceptors (Lipinski definition) is 4. The van der Waals surface area contributed by atoms with E-state index < -0.39 is 0 Å². The highest BCUT2D eigenvalue weighted by atomic mass is 16.5. The van der Waals surface area contributed by atoms with Crippen LogP contribution < -0.4 is 9.47 Å². The van der Waals surface area contributed by atoms with Crippen molar-refractivity contribution in [1.29, 1.82) is 0 Å². The van der Waals surface area contributed by atoms with E-state index in [4.69, 9.17) is 9.47 Å². The van der Waals surface area contributed by atoms with Gasteiger partial charge in [-0.1, -0.05) is 6.42 Å². The minimum Gasteiger partial charge on any atom is -0.497 e. The molecular weight excluding hydrogens is 280 g/mol. The van der Waals surface area contributed by atoms with Crippen LogP contribution in [-0.2, 0) is 4.79 Å². The smallest absolute Gasteiger partial charge is 0.277 e. The van der Waals surface area contributed by atoms with Crippen LogP contribution in [0.25, 0.3) is 6.08 Å². The van der Waals surface area contributed by atoms with Gasteiger partial charge in [-0.15, -0.1) is 0 Å². The number of methoxy groups -OCH3 is 2. The van der Waals surface area contributed by atoms with Crippen LogP contribution in [0.15, 0.2) is 28.9 Å². The summed E-state index contributed by atoms with van der Waals surface area (Å²) in [5.41, 5.74) is 1.31. The van der Waals surface area contributed by atoms with Gasteiger partial charge in [0.05, 0.1) is 14.2 Å². The van der Waals surface area contributed by atoms with Gasteiger partial charge >= 0.3 is 0 Å². The number of aliphatic imine (C=N–C) groups is 1. The minimum absolute atomic E-state index is 0.00484. The molecule has 0 saturated carbocycles. The Morgan fingerprint density at radius 2 is 2.05 bits per heavy atom. The highest BCUT2D eigenvalue weighted by Gasteiger charge is 2.30. The highest BCUT2D eigenvalue weighted by molar-refractivity contribution is 6.14. The van der Waals surface area contributed by atoms with Crippen molar-refractivity contribution in [1.82, 2.24) is 4.90 Å². The maximum absolute atomic E-state index is 12.5. The molecule has 2 heterocycles. The van der Waals surface area contributed by atoms with Crippen molar-refractivity contribution in [2.45, 2.75) is 25.7 Å². The molecule has 0 bridgehead atoms. The molecule has 5 heteroatoms. The van der Waals surface area contributed by atoms with Gasteiger partial charge in [-0.3, -0.25) is 9.69 Å². The third kappa shape index (κ3) is 2.71. The summed E-state index contributed by atoms with van der Waals surface area (Å²) < 4.78 is 10.6. The van der Waals surface area contributed by atoms with Crippen molar-refractivity contribution in [2.75, 3.05) is 20.8 Å². The molecule has 1 amide bonds. The van der Waals surface area contributed by atoms with Crippen molar-refractivity contribution < 1.29 is 14.3 Å². The van der Waals surface area contributed by atoms with Crippen molar-refractivity contribution in [2.24, 2.45) is 4.99 Å². The normalized spacial score (nSPS) is 19.7. The van der Waals surface area contributed by atoms with Crippen LogP contribution in [0.5, 0.6) is 11.5 Å². The summed E-state index contributed by atoms with van der Waals surface area (Å²) in [5.74, 6) is 2.29. The average Bonchev–Trinajstić information content (AvgIpc) is 2.72. The number of ether oxygens (including phenoxy) is 2. The molecule has 0 aliphatic carbocycles. The van der Waals surface area contributed by atoms with E-state index in [1.54, 1.807) is 26.4 Å². The molecule has 116 valence electrons. The first-order chi connectivity index (χ1) is 10.7. The van der Waals surface area contributed by atoms with Gasteiger partial charge in [-0.25, -0.2) is 4.99 Å². The lowest BCUT2D eigenvalue weighted by atomic mass is 10.1. The Labute approximate surface area is 130 Å². The van der Waals surface area contributed by atoms with Gasteiger partial charge in [0, 0.05) is 24.6 Å². The Kier molecular flexibility index (Phi) is 4.13. The fourth-order valence-electron chi connectivity index (χ4n) is 2.83. The minimum atomic E-state index is -0.00484. The molecule has 0 unspecified atom stereocenters. The fourth-order valence-corrected chi connectivity index (χ4v) is 2.83. The van der Waals surface area contributed by atoms with E-state index in [-0.39, 0.29) is 5.91 Å². The predicted octanol–water partition coefficient (Wildman–Crippen LogP) is 2.86. The lowest BCUT2D eigenvalue weighted by Gasteiger charge is -2.14. The average molecular weight is 300 g/mol. The van der Waals surface area contributed by atoms with Crippen molar-refractivity contribution in [3.05, 3.63) is 29.5 Å². The Balaban J connectivity index is 1.94. The first kappa shape index (κ1) is 14.6. The van der Waals surface area contributed by atoms with Crippen LogP contribution in [0.3, 0.4) is 0 Å². The monoisotopic (exact) mass is 300 g/mol. The number of fused-ring (bicyclic) bond motifs is 1. The Morgan fingerprint density at radius 1 is 1.18 bits per heavy atom. The molecule has 0 aromatic heterocycles. The second-order valence-corrected chi connectivity index (χ2v) is 5.43. The third-order valence-corrected chi connectivity index (χ3v) is 4.04. The lowest BCUT2D eigenvalue weighted by molar-refractivity contribution is -0.122. The number of carbonyl (C=O) groups is 1. The van der Waals surface area contributed by atoms with E-state index in [2.05, 4.69) is 4.99 Å².